The molecule has 0 saturated carbocycles. The Morgan fingerprint density at radius 3 is 2.47 bits per heavy atom. The molecule has 0 aliphatic heterocycles. The number of aromatic nitrogens is 2. The van der Waals surface area contributed by atoms with E-state index in [1.54, 1.807) is 10.8 Å². The maximum absolute atomic E-state index is 12.1. The minimum Gasteiger partial charge on any atom is -0.300 e. The Morgan fingerprint density at radius 1 is 1.16 bits per heavy atom. The number of nitrogens with zero attached hydrogens (tertiary/aromatic N) is 2. The molecule has 0 radical (unpaired) electrons. The van der Waals surface area contributed by atoms with Crippen molar-refractivity contribution < 1.29 is 0 Å². The first-order valence-electron chi connectivity index (χ1n) is 6.17. The van der Waals surface area contributed by atoms with Gasteiger partial charge in [0.05, 0.1) is 3.57 Å². The van der Waals surface area contributed by atoms with Gasteiger partial charge in [-0.3, -0.25) is 13.9 Å². The third-order valence-corrected chi connectivity index (χ3v) is 3.74. The van der Waals surface area contributed by atoms with Gasteiger partial charge in [-0.15, -0.1) is 0 Å². The van der Waals surface area contributed by atoms with E-state index in [1.165, 1.54) is 4.57 Å². The molecule has 1 aromatic carbocycles. The van der Waals surface area contributed by atoms with Crippen molar-refractivity contribution in [1.82, 2.24) is 9.13 Å². The molecule has 0 aliphatic rings. The van der Waals surface area contributed by atoms with Gasteiger partial charge in [-0.25, -0.2) is 4.79 Å². The van der Waals surface area contributed by atoms with Gasteiger partial charge in [0, 0.05) is 19.3 Å². The normalized spacial score (nSPS) is 10.6. The van der Waals surface area contributed by atoms with E-state index in [2.05, 4.69) is 0 Å². The smallest absolute Gasteiger partial charge is 0.300 e. The molecule has 0 aliphatic carbocycles. The van der Waals surface area contributed by atoms with Crippen LogP contribution in [0.5, 0.6) is 0 Å². The lowest BCUT2D eigenvalue weighted by atomic mass is 10.1. The Bertz CT molecular complexity index is 674. The number of benzene rings is 1. The van der Waals surface area contributed by atoms with Crippen LogP contribution >= 0.6 is 22.6 Å². The molecule has 0 amide bonds. The molecule has 1 heterocycles. The Labute approximate surface area is 124 Å². The van der Waals surface area contributed by atoms with Crippen molar-refractivity contribution in [3.63, 3.8) is 0 Å². The summed E-state index contributed by atoms with van der Waals surface area (Å²) in [6.45, 7) is 2.88. The summed E-state index contributed by atoms with van der Waals surface area (Å²) in [5, 5.41) is 0. The van der Waals surface area contributed by atoms with E-state index in [0.717, 1.165) is 5.56 Å². The average molecular weight is 370 g/mol. The molecule has 0 bridgehead atoms. The Hall–Kier alpha value is -1.37. The van der Waals surface area contributed by atoms with Crippen LogP contribution in [-0.2, 0) is 19.5 Å². The first-order chi connectivity index (χ1) is 9.13. The van der Waals surface area contributed by atoms with Crippen LogP contribution in [0.3, 0.4) is 0 Å². The topological polar surface area (TPSA) is 44.0 Å². The quantitative estimate of drug-likeness (QED) is 0.772. The summed E-state index contributed by atoms with van der Waals surface area (Å²) in [4.78, 5) is 24.1. The average Bonchev–Trinajstić information content (AvgIpc) is 2.44. The van der Waals surface area contributed by atoms with Crippen molar-refractivity contribution in [2.24, 2.45) is 0 Å². The summed E-state index contributed by atoms with van der Waals surface area (Å²) in [7, 11) is 0. The van der Waals surface area contributed by atoms with Gasteiger partial charge >= 0.3 is 5.69 Å². The fraction of sp³-hybridized carbons (Fsp3) is 0.286. The maximum atomic E-state index is 12.1. The molecule has 0 unspecified atom stereocenters. The molecule has 2 aromatic rings. The SMILES string of the molecule is CCn1cc(I)c(=O)n(CCc2ccccc2)c1=O. The monoisotopic (exact) mass is 370 g/mol. The van der Waals surface area contributed by atoms with Crippen molar-refractivity contribution in [2.75, 3.05) is 0 Å². The van der Waals surface area contributed by atoms with Gasteiger partial charge in [0.25, 0.3) is 5.56 Å². The van der Waals surface area contributed by atoms with Crippen molar-refractivity contribution in [1.29, 1.82) is 0 Å². The van der Waals surface area contributed by atoms with E-state index in [9.17, 15) is 9.59 Å². The van der Waals surface area contributed by atoms with Gasteiger partial charge in [0.2, 0.25) is 0 Å². The molecule has 2 rings (SSSR count). The highest BCUT2D eigenvalue weighted by Gasteiger charge is 2.08. The van der Waals surface area contributed by atoms with E-state index in [1.807, 2.05) is 59.8 Å². The van der Waals surface area contributed by atoms with Crippen LogP contribution in [-0.4, -0.2) is 9.13 Å². The Morgan fingerprint density at radius 2 is 1.84 bits per heavy atom. The first-order valence-corrected chi connectivity index (χ1v) is 7.25. The fourth-order valence-corrected chi connectivity index (χ4v) is 2.55. The summed E-state index contributed by atoms with van der Waals surface area (Å²) in [5.74, 6) is 0. The predicted octanol–water partition coefficient (Wildman–Crippen LogP) is 1.88. The summed E-state index contributed by atoms with van der Waals surface area (Å²) >= 11 is 1.98. The van der Waals surface area contributed by atoms with Crippen molar-refractivity contribution in [2.45, 2.75) is 26.4 Å². The van der Waals surface area contributed by atoms with Crippen LogP contribution in [0.15, 0.2) is 46.1 Å². The molecule has 100 valence electrons. The van der Waals surface area contributed by atoms with E-state index < -0.39 is 0 Å². The fourth-order valence-electron chi connectivity index (χ4n) is 1.93. The largest absolute Gasteiger partial charge is 0.331 e. The lowest BCUT2D eigenvalue weighted by Gasteiger charge is -2.09. The molecule has 19 heavy (non-hydrogen) atoms. The third-order valence-electron chi connectivity index (χ3n) is 3.00. The van der Waals surface area contributed by atoms with Crippen LogP contribution in [0.1, 0.15) is 12.5 Å². The molecule has 0 saturated heterocycles. The van der Waals surface area contributed by atoms with Crippen molar-refractivity contribution >= 4 is 22.6 Å². The van der Waals surface area contributed by atoms with Gasteiger partial charge in [-0.2, -0.15) is 0 Å². The summed E-state index contributed by atoms with van der Waals surface area (Å²) < 4.78 is 3.46. The molecule has 0 N–H and O–H groups in total. The highest BCUT2D eigenvalue weighted by Crippen LogP contribution is 2.01. The van der Waals surface area contributed by atoms with Gasteiger partial charge in [0.1, 0.15) is 0 Å². The molecule has 0 spiro atoms. The van der Waals surface area contributed by atoms with E-state index >= 15 is 0 Å². The zero-order valence-electron chi connectivity index (χ0n) is 10.7. The second-order valence-corrected chi connectivity index (χ2v) is 5.40. The molecule has 4 nitrogen and oxygen atoms in total. The van der Waals surface area contributed by atoms with Crippen LogP contribution in [0, 0.1) is 3.57 Å². The summed E-state index contributed by atoms with van der Waals surface area (Å²) in [6.07, 6.45) is 2.30. The zero-order valence-corrected chi connectivity index (χ0v) is 12.8. The summed E-state index contributed by atoms with van der Waals surface area (Å²) in [5.41, 5.74) is 0.686. The molecular formula is C14H15IN2O2. The van der Waals surface area contributed by atoms with Crippen LogP contribution in [0.4, 0.5) is 0 Å². The highest BCUT2D eigenvalue weighted by atomic mass is 127. The van der Waals surface area contributed by atoms with Crippen LogP contribution in [0.2, 0.25) is 0 Å². The molecule has 0 atom stereocenters. The molecule has 5 heteroatoms. The zero-order chi connectivity index (χ0) is 13.8. The number of halogens is 1. The first kappa shape index (κ1) is 14.0. The second kappa shape index (κ2) is 6.18. The van der Waals surface area contributed by atoms with E-state index in [4.69, 9.17) is 0 Å². The Kier molecular flexibility index (Phi) is 4.57. The van der Waals surface area contributed by atoms with E-state index in [-0.39, 0.29) is 11.2 Å². The number of hydrogen-bond acceptors (Lipinski definition) is 2. The van der Waals surface area contributed by atoms with Crippen LogP contribution in [0.25, 0.3) is 0 Å². The minimum atomic E-state index is -0.233. The third kappa shape index (κ3) is 3.15. The second-order valence-electron chi connectivity index (χ2n) is 4.24. The number of aryl methyl sites for hydroxylation is 2. The number of rotatable bonds is 4. The predicted molar refractivity (Wildman–Crippen MR) is 83.5 cm³/mol. The van der Waals surface area contributed by atoms with Crippen LogP contribution < -0.4 is 11.2 Å². The maximum Gasteiger partial charge on any atom is 0.331 e. The highest BCUT2D eigenvalue weighted by molar-refractivity contribution is 14.1. The van der Waals surface area contributed by atoms with Crippen molar-refractivity contribution in [3.8, 4) is 0 Å². The molecular weight excluding hydrogens is 355 g/mol. The van der Waals surface area contributed by atoms with Gasteiger partial charge in [-0.05, 0) is 41.5 Å². The van der Waals surface area contributed by atoms with E-state index in [0.29, 0.717) is 23.1 Å². The van der Waals surface area contributed by atoms with Gasteiger partial charge < -0.3 is 0 Å². The molecule has 0 fully saturated rings. The number of hydrogen-bond donors (Lipinski definition) is 0. The van der Waals surface area contributed by atoms with Gasteiger partial charge in [0.15, 0.2) is 0 Å². The lowest BCUT2D eigenvalue weighted by molar-refractivity contribution is 0.560. The van der Waals surface area contributed by atoms with Gasteiger partial charge in [-0.1, -0.05) is 30.3 Å². The van der Waals surface area contributed by atoms with Crippen molar-refractivity contribution in [3.05, 3.63) is 66.5 Å². The Balaban J connectivity index is 2.33. The summed E-state index contributed by atoms with van der Waals surface area (Å²) in [6, 6.07) is 9.86. The standard InChI is InChI=1S/C14H15IN2O2/c1-2-16-10-12(15)13(18)17(14(16)19)9-8-11-6-4-3-5-7-11/h3-7,10H,2,8-9H2,1H3. The minimum absolute atomic E-state index is 0.203. The molecule has 1 aromatic heterocycles. The lowest BCUT2D eigenvalue weighted by Crippen LogP contribution is -2.41.